The molecular weight excluding hydrogens is 116 g/mol. The van der Waals surface area contributed by atoms with E-state index in [4.69, 9.17) is 15.3 Å². The average Bonchev–Trinajstić information content (AvgIpc) is 1.87. The van der Waals surface area contributed by atoms with Crippen molar-refractivity contribution in [3.63, 3.8) is 0 Å². The van der Waals surface area contributed by atoms with E-state index in [-0.39, 0.29) is 0 Å². The zero-order chi connectivity index (χ0) is 7.28. The number of ether oxygens (including phenoxy) is 1. The standard InChI is InChI=1S/C6H8N2O/c1-5(3-7)9-6(2)4-8/h5-6H,1-2H3. The van der Waals surface area contributed by atoms with Gasteiger partial charge < -0.3 is 4.74 Å². The Kier molecular flexibility index (Phi) is 3.43. The molecule has 48 valence electrons. The molecule has 0 aromatic rings. The van der Waals surface area contributed by atoms with Gasteiger partial charge >= 0.3 is 0 Å². The predicted molar refractivity (Wildman–Crippen MR) is 31.2 cm³/mol. The molecule has 0 fully saturated rings. The van der Waals surface area contributed by atoms with Crippen LogP contribution in [0.25, 0.3) is 0 Å². The van der Waals surface area contributed by atoms with E-state index in [1.807, 2.05) is 12.1 Å². The van der Waals surface area contributed by atoms with Gasteiger partial charge in [0.25, 0.3) is 0 Å². The SMILES string of the molecule is CC(C#N)OC(C)C#N. The average molecular weight is 124 g/mol. The highest BCUT2D eigenvalue weighted by Crippen LogP contribution is 1.93. The van der Waals surface area contributed by atoms with Gasteiger partial charge in [-0.05, 0) is 13.8 Å². The second-order valence-corrected chi connectivity index (χ2v) is 1.68. The van der Waals surface area contributed by atoms with Gasteiger partial charge in [0.1, 0.15) is 12.2 Å². The van der Waals surface area contributed by atoms with E-state index in [1.165, 1.54) is 0 Å². The van der Waals surface area contributed by atoms with Gasteiger partial charge in [-0.1, -0.05) is 0 Å². The predicted octanol–water partition coefficient (Wildman–Crippen LogP) is 0.827. The summed E-state index contributed by atoms with van der Waals surface area (Å²) in [5, 5.41) is 16.4. The molecule has 0 saturated carbocycles. The first-order chi connectivity index (χ1) is 4.20. The summed E-state index contributed by atoms with van der Waals surface area (Å²) in [4.78, 5) is 0. The van der Waals surface area contributed by atoms with Gasteiger partial charge in [0.05, 0.1) is 12.1 Å². The van der Waals surface area contributed by atoms with Crippen LogP contribution in [0, 0.1) is 22.7 Å². The molecule has 3 nitrogen and oxygen atoms in total. The van der Waals surface area contributed by atoms with Gasteiger partial charge in [0.15, 0.2) is 0 Å². The third-order valence-corrected chi connectivity index (χ3v) is 0.772. The second-order valence-electron chi connectivity index (χ2n) is 1.68. The van der Waals surface area contributed by atoms with Crippen molar-refractivity contribution in [3.8, 4) is 12.1 Å². The molecule has 0 amide bonds. The molecule has 3 heteroatoms. The van der Waals surface area contributed by atoms with Crippen molar-refractivity contribution in [2.75, 3.05) is 0 Å². The third-order valence-electron chi connectivity index (χ3n) is 0.772. The molecule has 0 aromatic heterocycles. The van der Waals surface area contributed by atoms with Crippen LogP contribution in [-0.2, 0) is 4.74 Å². The van der Waals surface area contributed by atoms with Crippen molar-refractivity contribution in [3.05, 3.63) is 0 Å². The Balaban J connectivity index is 3.53. The fourth-order valence-corrected chi connectivity index (χ4v) is 0.367. The summed E-state index contributed by atoms with van der Waals surface area (Å²) in [6.45, 7) is 3.21. The van der Waals surface area contributed by atoms with Crippen molar-refractivity contribution >= 4 is 0 Å². The molecule has 9 heavy (non-hydrogen) atoms. The highest BCUT2D eigenvalue weighted by atomic mass is 16.5. The minimum absolute atomic E-state index is 0.486. The number of nitriles is 2. The third kappa shape index (κ3) is 3.52. The van der Waals surface area contributed by atoms with E-state index >= 15 is 0 Å². The Morgan fingerprint density at radius 1 is 1.11 bits per heavy atom. The maximum absolute atomic E-state index is 8.19. The van der Waals surface area contributed by atoms with Crippen LogP contribution in [0.1, 0.15) is 13.8 Å². The first-order valence-electron chi connectivity index (χ1n) is 2.65. The molecule has 2 unspecified atom stereocenters. The van der Waals surface area contributed by atoms with Gasteiger partial charge in [-0.15, -0.1) is 0 Å². The zero-order valence-electron chi connectivity index (χ0n) is 5.46. The first-order valence-corrected chi connectivity index (χ1v) is 2.65. The lowest BCUT2D eigenvalue weighted by Gasteiger charge is -2.04. The maximum Gasteiger partial charge on any atom is 0.142 e. The van der Waals surface area contributed by atoms with Gasteiger partial charge in [-0.2, -0.15) is 10.5 Å². The van der Waals surface area contributed by atoms with Crippen LogP contribution >= 0.6 is 0 Å². The van der Waals surface area contributed by atoms with Crippen LogP contribution < -0.4 is 0 Å². The Labute approximate surface area is 54.5 Å². The Hall–Kier alpha value is -1.06. The van der Waals surface area contributed by atoms with E-state index in [2.05, 4.69) is 0 Å². The molecule has 0 N–H and O–H groups in total. The summed E-state index contributed by atoms with van der Waals surface area (Å²) >= 11 is 0. The van der Waals surface area contributed by atoms with E-state index in [1.54, 1.807) is 13.8 Å². The van der Waals surface area contributed by atoms with Gasteiger partial charge in [0, 0.05) is 0 Å². The molecule has 0 bridgehead atoms. The highest BCUT2D eigenvalue weighted by molar-refractivity contribution is 4.86. The minimum atomic E-state index is -0.486. The Morgan fingerprint density at radius 3 is 1.67 bits per heavy atom. The molecule has 2 atom stereocenters. The van der Waals surface area contributed by atoms with Crippen LogP contribution in [-0.4, -0.2) is 12.2 Å². The summed E-state index contributed by atoms with van der Waals surface area (Å²) in [5.41, 5.74) is 0. The zero-order valence-corrected chi connectivity index (χ0v) is 5.46. The molecule has 0 aromatic carbocycles. The number of nitrogens with zero attached hydrogens (tertiary/aromatic N) is 2. The monoisotopic (exact) mass is 124 g/mol. The Morgan fingerprint density at radius 2 is 1.44 bits per heavy atom. The molecule has 0 radical (unpaired) electrons. The summed E-state index contributed by atoms with van der Waals surface area (Å²) in [6.07, 6.45) is -0.973. The molecule has 0 aliphatic rings. The van der Waals surface area contributed by atoms with Crippen molar-refractivity contribution < 1.29 is 4.74 Å². The quantitative estimate of drug-likeness (QED) is 0.547. The summed E-state index contributed by atoms with van der Waals surface area (Å²) < 4.78 is 4.83. The van der Waals surface area contributed by atoms with Crippen LogP contribution in [0.3, 0.4) is 0 Å². The van der Waals surface area contributed by atoms with Crippen LogP contribution in [0.5, 0.6) is 0 Å². The molecule has 0 saturated heterocycles. The van der Waals surface area contributed by atoms with Crippen LogP contribution in [0.15, 0.2) is 0 Å². The summed E-state index contributed by atoms with van der Waals surface area (Å²) in [5.74, 6) is 0. The largest absolute Gasteiger partial charge is 0.346 e. The number of rotatable bonds is 2. The van der Waals surface area contributed by atoms with E-state index in [9.17, 15) is 0 Å². The number of hydrogen-bond acceptors (Lipinski definition) is 3. The molecule has 0 aliphatic heterocycles. The lowest BCUT2D eigenvalue weighted by Crippen LogP contribution is -2.12. The van der Waals surface area contributed by atoms with Gasteiger partial charge in [-0.25, -0.2) is 0 Å². The lowest BCUT2D eigenvalue weighted by atomic mass is 10.4. The topological polar surface area (TPSA) is 56.8 Å². The Bertz CT molecular complexity index is 135. The van der Waals surface area contributed by atoms with Crippen molar-refractivity contribution in [1.82, 2.24) is 0 Å². The maximum atomic E-state index is 8.19. The second kappa shape index (κ2) is 3.88. The molecular formula is C6H8N2O. The summed E-state index contributed by atoms with van der Waals surface area (Å²) in [7, 11) is 0. The molecule has 0 aliphatic carbocycles. The van der Waals surface area contributed by atoms with Gasteiger partial charge in [0.2, 0.25) is 0 Å². The smallest absolute Gasteiger partial charge is 0.142 e. The highest BCUT2D eigenvalue weighted by Gasteiger charge is 2.03. The summed E-state index contributed by atoms with van der Waals surface area (Å²) in [6, 6.07) is 3.71. The van der Waals surface area contributed by atoms with E-state index in [0.29, 0.717) is 0 Å². The van der Waals surface area contributed by atoms with Crippen molar-refractivity contribution in [1.29, 1.82) is 10.5 Å². The molecule has 0 rings (SSSR count). The number of hydrogen-bond donors (Lipinski definition) is 0. The van der Waals surface area contributed by atoms with Crippen molar-refractivity contribution in [2.45, 2.75) is 26.1 Å². The van der Waals surface area contributed by atoms with E-state index < -0.39 is 12.2 Å². The van der Waals surface area contributed by atoms with Gasteiger partial charge in [-0.3, -0.25) is 0 Å². The lowest BCUT2D eigenvalue weighted by molar-refractivity contribution is 0.0718. The fraction of sp³-hybridized carbons (Fsp3) is 0.667. The molecule has 0 heterocycles. The van der Waals surface area contributed by atoms with Crippen LogP contribution in [0.4, 0.5) is 0 Å². The normalized spacial score (nSPS) is 15.1. The van der Waals surface area contributed by atoms with Crippen molar-refractivity contribution in [2.24, 2.45) is 0 Å². The molecule has 0 spiro atoms. The van der Waals surface area contributed by atoms with E-state index in [0.717, 1.165) is 0 Å². The van der Waals surface area contributed by atoms with Crippen LogP contribution in [0.2, 0.25) is 0 Å². The fourth-order valence-electron chi connectivity index (χ4n) is 0.367. The first kappa shape index (κ1) is 7.94. The minimum Gasteiger partial charge on any atom is -0.346 e.